The Morgan fingerprint density at radius 2 is 1.95 bits per heavy atom. The number of nitrogen functional groups attached to an aromatic ring is 1. The summed E-state index contributed by atoms with van der Waals surface area (Å²) in [7, 11) is 1.64. The molecule has 2 aromatic heterocycles. The number of ether oxygens (including phenoxy) is 1. The molecule has 5 heteroatoms. The summed E-state index contributed by atoms with van der Waals surface area (Å²) in [6, 6.07) is 9.97. The van der Waals surface area contributed by atoms with E-state index in [1.54, 1.807) is 7.11 Å². The number of hydrogen-bond donors (Lipinski definition) is 1. The number of halogens is 1. The van der Waals surface area contributed by atoms with Crippen molar-refractivity contribution in [1.29, 1.82) is 0 Å². The quantitative estimate of drug-likeness (QED) is 0.764. The minimum atomic E-state index is 0.652. The first-order valence-corrected chi connectivity index (χ1v) is 7.39. The zero-order chi connectivity index (χ0) is 15.1. The van der Waals surface area contributed by atoms with Crippen molar-refractivity contribution < 1.29 is 4.74 Å². The minimum absolute atomic E-state index is 0.652. The molecule has 0 aliphatic rings. The van der Waals surface area contributed by atoms with Crippen LogP contribution in [0, 0.1) is 13.8 Å². The molecule has 21 heavy (non-hydrogen) atoms. The van der Waals surface area contributed by atoms with Gasteiger partial charge in [-0.25, -0.2) is 4.98 Å². The number of methoxy groups -OCH3 is 1. The third-order valence-corrected chi connectivity index (χ3v) is 4.13. The van der Waals surface area contributed by atoms with Gasteiger partial charge < -0.3 is 10.5 Å². The summed E-state index contributed by atoms with van der Waals surface area (Å²) in [5.74, 6) is 1.44. The van der Waals surface area contributed by atoms with Crippen LogP contribution in [0.3, 0.4) is 0 Å². The first-order valence-electron chi connectivity index (χ1n) is 6.60. The fourth-order valence-electron chi connectivity index (χ4n) is 2.58. The molecular formula is C16H16BrN3O. The maximum Gasteiger partial charge on any atom is 0.139 e. The molecule has 0 fully saturated rings. The zero-order valence-electron chi connectivity index (χ0n) is 12.1. The van der Waals surface area contributed by atoms with Crippen LogP contribution in [0.1, 0.15) is 11.3 Å². The smallest absolute Gasteiger partial charge is 0.139 e. The number of nitrogens with two attached hydrogens (primary N) is 1. The van der Waals surface area contributed by atoms with Gasteiger partial charge in [0.15, 0.2) is 0 Å². The number of anilines is 1. The average Bonchev–Trinajstić information content (AvgIpc) is 2.75. The first kappa shape index (κ1) is 13.9. The predicted molar refractivity (Wildman–Crippen MR) is 88.8 cm³/mol. The van der Waals surface area contributed by atoms with Gasteiger partial charge in [0.1, 0.15) is 22.9 Å². The fourth-order valence-corrected chi connectivity index (χ4v) is 3.12. The molecule has 2 N–H and O–H groups in total. The molecule has 3 rings (SSSR count). The molecule has 0 aliphatic carbocycles. The molecule has 0 amide bonds. The van der Waals surface area contributed by atoms with E-state index < -0.39 is 0 Å². The second-order valence-corrected chi connectivity index (χ2v) is 5.92. The van der Waals surface area contributed by atoms with Gasteiger partial charge in [0, 0.05) is 11.3 Å². The maximum atomic E-state index is 6.30. The van der Waals surface area contributed by atoms with Crippen LogP contribution in [0.25, 0.3) is 16.9 Å². The summed E-state index contributed by atoms with van der Waals surface area (Å²) in [6.07, 6.45) is 0. The number of pyridine rings is 1. The Hall–Kier alpha value is -2.01. The lowest BCUT2D eigenvalue weighted by Gasteiger charge is -2.06. The average molecular weight is 346 g/mol. The van der Waals surface area contributed by atoms with Crippen molar-refractivity contribution in [3.8, 4) is 17.0 Å². The van der Waals surface area contributed by atoms with E-state index in [2.05, 4.69) is 33.9 Å². The molecule has 4 nitrogen and oxygen atoms in total. The Labute approximate surface area is 131 Å². The zero-order valence-corrected chi connectivity index (χ0v) is 13.7. The van der Waals surface area contributed by atoms with Crippen molar-refractivity contribution in [3.05, 3.63) is 46.1 Å². The monoisotopic (exact) mass is 345 g/mol. The summed E-state index contributed by atoms with van der Waals surface area (Å²) in [5.41, 5.74) is 11.2. The standard InChI is InChI=1S/C16H16BrN3O/c1-9-6-10(2)20-14(7-9)19-15(16(20)18)11-4-5-13(21-3)12(17)8-11/h4-8H,18H2,1-3H3. The van der Waals surface area contributed by atoms with Gasteiger partial charge in [0.05, 0.1) is 11.6 Å². The molecule has 0 unspecified atom stereocenters. The van der Waals surface area contributed by atoms with Crippen LogP contribution >= 0.6 is 15.9 Å². The van der Waals surface area contributed by atoms with E-state index in [-0.39, 0.29) is 0 Å². The summed E-state index contributed by atoms with van der Waals surface area (Å²) >= 11 is 3.50. The highest BCUT2D eigenvalue weighted by Gasteiger charge is 2.14. The molecule has 0 saturated heterocycles. The van der Waals surface area contributed by atoms with Crippen molar-refractivity contribution in [3.63, 3.8) is 0 Å². The highest BCUT2D eigenvalue weighted by Crippen LogP contribution is 2.33. The molecule has 0 saturated carbocycles. The summed E-state index contributed by atoms with van der Waals surface area (Å²) in [6.45, 7) is 4.09. The molecule has 108 valence electrons. The number of imidazole rings is 1. The normalized spacial score (nSPS) is 11.0. The van der Waals surface area contributed by atoms with Gasteiger partial charge in [0.2, 0.25) is 0 Å². The van der Waals surface area contributed by atoms with E-state index in [1.165, 1.54) is 5.56 Å². The van der Waals surface area contributed by atoms with Gasteiger partial charge in [-0.3, -0.25) is 4.40 Å². The second-order valence-electron chi connectivity index (χ2n) is 5.06. The molecule has 0 atom stereocenters. The minimum Gasteiger partial charge on any atom is -0.496 e. The van der Waals surface area contributed by atoms with Crippen LogP contribution in [0.15, 0.2) is 34.8 Å². The lowest BCUT2D eigenvalue weighted by atomic mass is 10.1. The van der Waals surface area contributed by atoms with Gasteiger partial charge in [-0.15, -0.1) is 0 Å². The molecule has 1 aromatic carbocycles. The number of fused-ring (bicyclic) bond motifs is 1. The van der Waals surface area contributed by atoms with Gasteiger partial charge in [-0.1, -0.05) is 0 Å². The highest BCUT2D eigenvalue weighted by atomic mass is 79.9. The van der Waals surface area contributed by atoms with Crippen LogP contribution in [0.4, 0.5) is 5.82 Å². The summed E-state index contributed by atoms with van der Waals surface area (Å²) in [5, 5.41) is 0. The topological polar surface area (TPSA) is 52.5 Å². The lowest BCUT2D eigenvalue weighted by Crippen LogP contribution is -1.98. The molecule has 3 aromatic rings. The molecule has 0 spiro atoms. The van der Waals surface area contributed by atoms with Crippen molar-refractivity contribution in [2.45, 2.75) is 13.8 Å². The van der Waals surface area contributed by atoms with Crippen molar-refractivity contribution in [2.24, 2.45) is 0 Å². The summed E-state index contributed by atoms with van der Waals surface area (Å²) in [4.78, 5) is 4.68. The molecule has 0 bridgehead atoms. The Bertz CT molecular complexity index is 839. The van der Waals surface area contributed by atoms with Gasteiger partial charge in [-0.05, 0) is 65.7 Å². The van der Waals surface area contributed by atoms with E-state index in [4.69, 9.17) is 10.5 Å². The van der Waals surface area contributed by atoms with E-state index in [9.17, 15) is 0 Å². The van der Waals surface area contributed by atoms with Crippen molar-refractivity contribution in [1.82, 2.24) is 9.38 Å². The Morgan fingerprint density at radius 3 is 2.62 bits per heavy atom. The van der Waals surface area contributed by atoms with Crippen LogP contribution in [0.5, 0.6) is 5.75 Å². The number of nitrogens with zero attached hydrogens (tertiary/aromatic N) is 2. The number of rotatable bonds is 2. The van der Waals surface area contributed by atoms with Gasteiger partial charge in [-0.2, -0.15) is 0 Å². The van der Waals surface area contributed by atoms with Crippen molar-refractivity contribution >= 4 is 27.4 Å². The van der Waals surface area contributed by atoms with E-state index in [1.807, 2.05) is 35.6 Å². The fraction of sp³-hybridized carbons (Fsp3) is 0.188. The third kappa shape index (κ3) is 2.27. The highest BCUT2D eigenvalue weighted by molar-refractivity contribution is 9.10. The molecule has 0 radical (unpaired) electrons. The first-order chi connectivity index (χ1) is 10.0. The SMILES string of the molecule is COc1ccc(-c2nc3cc(C)cc(C)n3c2N)cc1Br. The third-order valence-electron chi connectivity index (χ3n) is 3.51. The van der Waals surface area contributed by atoms with Gasteiger partial charge in [0.25, 0.3) is 0 Å². The van der Waals surface area contributed by atoms with E-state index in [0.717, 1.165) is 32.8 Å². The Morgan fingerprint density at radius 1 is 1.19 bits per heavy atom. The molecule has 2 heterocycles. The van der Waals surface area contributed by atoms with Crippen molar-refractivity contribution in [2.75, 3.05) is 12.8 Å². The van der Waals surface area contributed by atoms with Crippen LogP contribution in [0.2, 0.25) is 0 Å². The number of aromatic nitrogens is 2. The second kappa shape index (κ2) is 5.07. The largest absolute Gasteiger partial charge is 0.496 e. The van der Waals surface area contributed by atoms with Crippen LogP contribution in [-0.4, -0.2) is 16.5 Å². The maximum absolute atomic E-state index is 6.30. The number of aryl methyl sites for hydroxylation is 2. The van der Waals surface area contributed by atoms with Crippen LogP contribution in [-0.2, 0) is 0 Å². The van der Waals surface area contributed by atoms with E-state index in [0.29, 0.717) is 5.82 Å². The van der Waals surface area contributed by atoms with Gasteiger partial charge >= 0.3 is 0 Å². The predicted octanol–water partition coefficient (Wildman–Crippen LogP) is 3.97. The number of hydrogen-bond acceptors (Lipinski definition) is 3. The molecule has 0 aliphatic heterocycles. The van der Waals surface area contributed by atoms with E-state index >= 15 is 0 Å². The number of benzene rings is 1. The Balaban J connectivity index is 2.23. The summed E-state index contributed by atoms with van der Waals surface area (Å²) < 4.78 is 8.11. The van der Waals surface area contributed by atoms with Crippen LogP contribution < -0.4 is 10.5 Å². The Kier molecular flexibility index (Phi) is 3.37. The molecular weight excluding hydrogens is 330 g/mol. The lowest BCUT2D eigenvalue weighted by molar-refractivity contribution is 0.412.